The number of aryl methyl sites for hydroxylation is 1. The molecule has 0 radical (unpaired) electrons. The van der Waals surface area contributed by atoms with Gasteiger partial charge in [-0.1, -0.05) is 18.2 Å². The normalized spacial score (nSPS) is 20.8. The zero-order chi connectivity index (χ0) is 26.8. The lowest BCUT2D eigenvalue weighted by molar-refractivity contribution is -0.128. The first-order chi connectivity index (χ1) is 17.4. The lowest BCUT2D eigenvalue weighted by Crippen LogP contribution is -2.58. The van der Waals surface area contributed by atoms with Gasteiger partial charge in [-0.2, -0.15) is 4.98 Å². The lowest BCUT2D eigenvalue weighted by Gasteiger charge is -2.44. The fourth-order valence-corrected chi connectivity index (χ4v) is 7.23. The van der Waals surface area contributed by atoms with Crippen molar-refractivity contribution < 1.29 is 22.0 Å². The van der Waals surface area contributed by atoms with Crippen molar-refractivity contribution in [2.75, 3.05) is 23.7 Å². The van der Waals surface area contributed by atoms with E-state index in [0.717, 1.165) is 12.1 Å². The molecule has 0 spiro atoms. The fourth-order valence-electron chi connectivity index (χ4n) is 5.19. The number of piperazine rings is 1. The molecule has 3 aromatic rings. The van der Waals surface area contributed by atoms with Crippen molar-refractivity contribution in [3.63, 3.8) is 0 Å². The number of sulfone groups is 1. The molecule has 5 rings (SSSR count). The summed E-state index contributed by atoms with van der Waals surface area (Å²) in [5.74, 6) is -2.19. The summed E-state index contributed by atoms with van der Waals surface area (Å²) >= 11 is 6.61. The first-order valence-electron chi connectivity index (χ1n) is 11.6. The predicted molar refractivity (Wildman–Crippen MR) is 137 cm³/mol. The van der Waals surface area contributed by atoms with Gasteiger partial charge in [0.25, 0.3) is 0 Å². The van der Waals surface area contributed by atoms with E-state index in [2.05, 4.69) is 11.6 Å². The molecule has 3 heterocycles. The van der Waals surface area contributed by atoms with Gasteiger partial charge in [-0.15, -0.1) is 0 Å². The van der Waals surface area contributed by atoms with Gasteiger partial charge in [-0.25, -0.2) is 22.0 Å². The number of halogens is 3. The monoisotopic (exact) mass is 548 g/mol. The maximum absolute atomic E-state index is 14.9. The van der Waals surface area contributed by atoms with E-state index in [0.29, 0.717) is 24.5 Å². The van der Waals surface area contributed by atoms with Crippen LogP contribution >= 0.6 is 11.6 Å². The average molecular weight is 549 g/mol. The predicted octanol–water partition coefficient (Wildman–Crippen LogP) is 3.39. The molecule has 2 atom stereocenters. The summed E-state index contributed by atoms with van der Waals surface area (Å²) in [7, 11) is -4.00. The molecule has 0 saturated carbocycles. The van der Waals surface area contributed by atoms with Crippen LogP contribution in [0.1, 0.15) is 13.8 Å². The standard InChI is InChI=1S/C25H23ClF2N4O4S/c1-4-20(33)31-11-14(3)32(12-13(31)2)24-17-10-18(26)21(16-6-5-15(27)9-19(16)28)23-22(17)30(25(34)29-24)7-8-37(23,35)36/h4-6,9-10,13-14H,1,7-8,11-12H2,2-3H3/t13-,14+/m1/s1. The van der Waals surface area contributed by atoms with Gasteiger partial charge in [0.05, 0.1) is 16.3 Å². The van der Waals surface area contributed by atoms with Crippen molar-refractivity contribution in [3.05, 3.63) is 64.1 Å². The first-order valence-corrected chi connectivity index (χ1v) is 13.6. The summed E-state index contributed by atoms with van der Waals surface area (Å²) in [6, 6.07) is 3.73. The molecule has 1 amide bonds. The molecule has 8 nitrogen and oxygen atoms in total. The van der Waals surface area contributed by atoms with E-state index < -0.39 is 32.9 Å². The van der Waals surface area contributed by atoms with Gasteiger partial charge in [0.1, 0.15) is 22.3 Å². The van der Waals surface area contributed by atoms with E-state index in [1.165, 1.54) is 16.7 Å². The third-order valence-electron chi connectivity index (χ3n) is 6.96. The quantitative estimate of drug-likeness (QED) is 0.466. The molecule has 0 bridgehead atoms. The number of rotatable bonds is 3. The number of hydrogen-bond donors (Lipinski definition) is 0. The Morgan fingerprint density at radius 1 is 1.19 bits per heavy atom. The molecule has 0 aliphatic carbocycles. The molecule has 1 saturated heterocycles. The number of anilines is 1. The van der Waals surface area contributed by atoms with E-state index in [1.54, 1.807) is 4.90 Å². The molecule has 12 heteroatoms. The third-order valence-corrected chi connectivity index (χ3v) is 9.00. The number of carbonyl (C=O) groups is 1. The molecule has 2 aliphatic rings. The van der Waals surface area contributed by atoms with Gasteiger partial charge in [0, 0.05) is 54.3 Å². The van der Waals surface area contributed by atoms with Crippen LogP contribution < -0.4 is 10.6 Å². The number of amides is 1. The number of carbonyl (C=O) groups excluding carboxylic acids is 1. The van der Waals surface area contributed by atoms with Crippen LogP contribution in [-0.2, 0) is 21.2 Å². The zero-order valence-electron chi connectivity index (χ0n) is 20.0. The van der Waals surface area contributed by atoms with Gasteiger partial charge in [0.15, 0.2) is 9.84 Å². The Morgan fingerprint density at radius 3 is 2.59 bits per heavy atom. The second-order valence-corrected chi connectivity index (χ2v) is 11.8. The largest absolute Gasteiger partial charge is 0.350 e. The summed E-state index contributed by atoms with van der Waals surface area (Å²) in [5, 5.41) is 0.240. The summed E-state index contributed by atoms with van der Waals surface area (Å²) < 4.78 is 56.5. The van der Waals surface area contributed by atoms with Crippen LogP contribution in [0.3, 0.4) is 0 Å². The third kappa shape index (κ3) is 4.00. The SMILES string of the molecule is C=CC(=O)N1C[C@H](C)N(c2nc(=O)n3c4c(c(-c5ccc(F)cc5F)c(Cl)cc24)S(=O)(=O)CC3)C[C@H]1C. The summed E-state index contributed by atoms with van der Waals surface area (Å²) in [5.41, 5.74) is -0.895. The highest BCUT2D eigenvalue weighted by atomic mass is 35.5. The van der Waals surface area contributed by atoms with Crippen molar-refractivity contribution in [1.29, 1.82) is 0 Å². The number of hydrogen-bond acceptors (Lipinski definition) is 6. The van der Waals surface area contributed by atoms with E-state index in [1.807, 2.05) is 18.7 Å². The van der Waals surface area contributed by atoms with Crippen LogP contribution in [0, 0.1) is 11.6 Å². The molecule has 0 unspecified atom stereocenters. The molecule has 1 aromatic heterocycles. The van der Waals surface area contributed by atoms with Gasteiger partial charge in [-0.3, -0.25) is 9.36 Å². The molecule has 194 valence electrons. The van der Waals surface area contributed by atoms with Crippen LogP contribution in [0.15, 0.2) is 46.6 Å². The minimum Gasteiger partial charge on any atom is -0.349 e. The van der Waals surface area contributed by atoms with Crippen molar-refractivity contribution >= 4 is 44.1 Å². The topological polar surface area (TPSA) is 92.6 Å². The Kier molecular flexibility index (Phi) is 6.11. The highest BCUT2D eigenvalue weighted by Crippen LogP contribution is 2.44. The van der Waals surface area contributed by atoms with E-state index in [-0.39, 0.29) is 56.9 Å². The highest BCUT2D eigenvalue weighted by Gasteiger charge is 2.37. The van der Waals surface area contributed by atoms with Crippen LogP contribution in [0.5, 0.6) is 0 Å². The lowest BCUT2D eigenvalue weighted by atomic mass is 10.0. The highest BCUT2D eigenvalue weighted by molar-refractivity contribution is 7.91. The van der Waals surface area contributed by atoms with Gasteiger partial charge in [0.2, 0.25) is 5.91 Å². The Labute approximate surface area is 216 Å². The summed E-state index contributed by atoms with van der Waals surface area (Å²) in [6.45, 7) is 7.79. The zero-order valence-corrected chi connectivity index (χ0v) is 21.6. The Balaban J connectivity index is 1.81. The van der Waals surface area contributed by atoms with Crippen LogP contribution in [0.2, 0.25) is 5.02 Å². The number of benzene rings is 2. The Morgan fingerprint density at radius 2 is 1.92 bits per heavy atom. The van der Waals surface area contributed by atoms with Crippen molar-refractivity contribution in [3.8, 4) is 11.1 Å². The minimum absolute atomic E-state index is 0.0760. The molecular weight excluding hydrogens is 526 g/mol. The number of nitrogens with zero attached hydrogens (tertiary/aromatic N) is 4. The maximum Gasteiger partial charge on any atom is 0.350 e. The van der Waals surface area contributed by atoms with Gasteiger partial charge < -0.3 is 9.80 Å². The molecule has 2 aliphatic heterocycles. The molecule has 37 heavy (non-hydrogen) atoms. The minimum atomic E-state index is -4.00. The summed E-state index contributed by atoms with van der Waals surface area (Å²) in [6.07, 6.45) is 1.24. The molecular formula is C25H23ClF2N4O4S. The van der Waals surface area contributed by atoms with Gasteiger partial charge in [-0.05, 0) is 38.1 Å². The van der Waals surface area contributed by atoms with Crippen molar-refractivity contribution in [2.45, 2.75) is 37.4 Å². The van der Waals surface area contributed by atoms with Crippen molar-refractivity contribution in [2.24, 2.45) is 0 Å². The van der Waals surface area contributed by atoms with E-state index in [9.17, 15) is 26.8 Å². The fraction of sp³-hybridized carbons (Fsp3) is 0.320. The number of aromatic nitrogens is 2. The van der Waals surface area contributed by atoms with E-state index in [4.69, 9.17) is 11.6 Å². The van der Waals surface area contributed by atoms with Crippen LogP contribution in [0.4, 0.5) is 14.6 Å². The smallest absolute Gasteiger partial charge is 0.349 e. The second-order valence-electron chi connectivity index (χ2n) is 9.32. The Bertz CT molecular complexity index is 1660. The first kappa shape index (κ1) is 25.3. The second kappa shape index (κ2) is 8.91. The average Bonchev–Trinajstić information content (AvgIpc) is 2.83. The molecule has 0 N–H and O–H groups in total. The van der Waals surface area contributed by atoms with Crippen LogP contribution in [0.25, 0.3) is 22.0 Å². The summed E-state index contributed by atoms with van der Waals surface area (Å²) in [4.78, 5) is 33.0. The molecule has 1 fully saturated rings. The van der Waals surface area contributed by atoms with Gasteiger partial charge >= 0.3 is 5.69 Å². The Hall–Kier alpha value is -3.31. The maximum atomic E-state index is 14.9. The molecule has 2 aromatic carbocycles. The van der Waals surface area contributed by atoms with Crippen molar-refractivity contribution in [1.82, 2.24) is 14.5 Å². The van der Waals surface area contributed by atoms with E-state index >= 15 is 0 Å². The van der Waals surface area contributed by atoms with Crippen LogP contribution in [-0.4, -0.2) is 59.7 Å².